The summed E-state index contributed by atoms with van der Waals surface area (Å²) in [6.45, 7) is 6.52. The quantitative estimate of drug-likeness (QED) is 0.271. The lowest BCUT2D eigenvalue weighted by Crippen LogP contribution is -2.28. The Bertz CT molecular complexity index is 1580. The van der Waals surface area contributed by atoms with Crippen LogP contribution >= 0.6 is 11.3 Å². The molecule has 2 heterocycles. The molecule has 0 spiro atoms. The second kappa shape index (κ2) is 12.9. The summed E-state index contributed by atoms with van der Waals surface area (Å²) in [7, 11) is 4.83. The molecule has 202 valence electrons. The van der Waals surface area contributed by atoms with E-state index in [1.807, 2.05) is 60.8 Å². The predicted octanol–water partition coefficient (Wildman–Crippen LogP) is 4.21. The Kier molecular flexibility index (Phi) is 9.19. The van der Waals surface area contributed by atoms with E-state index < -0.39 is 0 Å². The monoisotopic (exact) mass is 544 g/mol. The molecule has 0 atom stereocenters. The van der Waals surface area contributed by atoms with Crippen LogP contribution in [0.2, 0.25) is 0 Å². The van der Waals surface area contributed by atoms with E-state index in [9.17, 15) is 0 Å². The van der Waals surface area contributed by atoms with Crippen molar-refractivity contribution in [3.8, 4) is 28.0 Å². The number of benzene rings is 2. The van der Waals surface area contributed by atoms with Gasteiger partial charge in [0, 0.05) is 48.1 Å². The predicted molar refractivity (Wildman–Crippen MR) is 157 cm³/mol. The number of hydrogen-bond donors (Lipinski definition) is 2. The molecule has 0 amide bonds. The molecule has 0 saturated heterocycles. The largest absolute Gasteiger partial charge is 0.497 e. The summed E-state index contributed by atoms with van der Waals surface area (Å²) in [6.07, 6.45) is 3.38. The fourth-order valence-electron chi connectivity index (χ4n) is 4.13. The van der Waals surface area contributed by atoms with Gasteiger partial charge in [-0.05, 0) is 41.1 Å². The molecular formula is C30H32N4O4S. The molecule has 0 radical (unpaired) electrons. The van der Waals surface area contributed by atoms with Crippen LogP contribution in [0.5, 0.6) is 17.2 Å². The lowest BCUT2D eigenvalue weighted by molar-refractivity contribution is 0.0512. The molecule has 0 saturated carbocycles. The third-order valence-corrected chi connectivity index (χ3v) is 6.98. The number of nitrogens with one attached hydrogen (secondary N) is 1. The molecule has 39 heavy (non-hydrogen) atoms. The van der Waals surface area contributed by atoms with Gasteiger partial charge in [0.15, 0.2) is 18.4 Å². The van der Waals surface area contributed by atoms with Crippen LogP contribution in [0.1, 0.15) is 16.8 Å². The lowest BCUT2D eigenvalue weighted by atomic mass is 10.0. The summed E-state index contributed by atoms with van der Waals surface area (Å²) >= 11 is 1.53. The van der Waals surface area contributed by atoms with Crippen molar-refractivity contribution in [1.82, 2.24) is 9.97 Å². The highest BCUT2D eigenvalue weighted by Crippen LogP contribution is 2.37. The minimum Gasteiger partial charge on any atom is -0.497 e. The number of pyridine rings is 1. The lowest BCUT2D eigenvalue weighted by Gasteiger charge is -2.19. The zero-order chi connectivity index (χ0) is 27.8. The van der Waals surface area contributed by atoms with Crippen molar-refractivity contribution in [2.45, 2.75) is 13.5 Å². The molecule has 4 rings (SSSR count). The number of aryl methyl sites for hydroxylation is 1. The summed E-state index contributed by atoms with van der Waals surface area (Å²) in [4.78, 5) is 9.62. The van der Waals surface area contributed by atoms with E-state index in [1.54, 1.807) is 33.6 Å². The van der Waals surface area contributed by atoms with Gasteiger partial charge in [-0.25, -0.2) is 9.97 Å². The second-order valence-corrected chi connectivity index (χ2v) is 9.34. The van der Waals surface area contributed by atoms with E-state index in [-0.39, 0.29) is 6.79 Å². The van der Waals surface area contributed by atoms with Crippen molar-refractivity contribution >= 4 is 28.9 Å². The van der Waals surface area contributed by atoms with E-state index in [4.69, 9.17) is 29.7 Å². The normalized spacial score (nSPS) is 12.2. The second-order valence-electron chi connectivity index (χ2n) is 8.48. The van der Waals surface area contributed by atoms with Crippen LogP contribution < -0.4 is 35.7 Å². The molecule has 0 aliphatic heterocycles. The van der Waals surface area contributed by atoms with Gasteiger partial charge in [0.2, 0.25) is 0 Å². The van der Waals surface area contributed by atoms with Crippen LogP contribution in [0, 0.1) is 6.92 Å². The van der Waals surface area contributed by atoms with Gasteiger partial charge in [-0.3, -0.25) is 0 Å². The number of nitrogens with two attached hydrogens (primary N) is 1. The minimum absolute atomic E-state index is 0.0278. The van der Waals surface area contributed by atoms with Crippen molar-refractivity contribution in [3.63, 3.8) is 0 Å². The van der Waals surface area contributed by atoms with Gasteiger partial charge < -0.3 is 30.0 Å². The zero-order valence-electron chi connectivity index (χ0n) is 22.5. The van der Waals surface area contributed by atoms with E-state index in [2.05, 4.69) is 16.9 Å². The number of hydrogen-bond acceptors (Lipinski definition) is 9. The molecule has 2 aromatic heterocycles. The average Bonchev–Trinajstić information content (AvgIpc) is 3.41. The van der Waals surface area contributed by atoms with Crippen molar-refractivity contribution in [1.29, 1.82) is 0 Å². The number of anilines is 1. The molecule has 0 fully saturated rings. The summed E-state index contributed by atoms with van der Waals surface area (Å²) in [6, 6.07) is 15.5. The maximum absolute atomic E-state index is 6.15. The van der Waals surface area contributed by atoms with Gasteiger partial charge in [0.25, 0.3) is 0 Å². The topological polar surface area (TPSA) is 101 Å². The Hall–Kier alpha value is -4.34. The Morgan fingerprint density at radius 2 is 1.90 bits per heavy atom. The van der Waals surface area contributed by atoms with E-state index in [0.29, 0.717) is 35.3 Å². The Balaban J connectivity index is 1.94. The van der Waals surface area contributed by atoms with E-state index >= 15 is 0 Å². The number of ether oxygens (including phenoxy) is 4. The minimum atomic E-state index is 0.0278. The first-order chi connectivity index (χ1) is 19.0. The van der Waals surface area contributed by atoms with Crippen LogP contribution in [0.4, 0.5) is 5.82 Å². The molecular weight excluding hydrogens is 512 g/mol. The van der Waals surface area contributed by atoms with Crippen LogP contribution in [-0.2, 0) is 11.3 Å². The van der Waals surface area contributed by atoms with Crippen LogP contribution in [0.25, 0.3) is 22.5 Å². The average molecular weight is 545 g/mol. The first kappa shape index (κ1) is 27.7. The van der Waals surface area contributed by atoms with Crippen LogP contribution in [-0.4, -0.2) is 38.1 Å². The Morgan fingerprint density at radius 1 is 1.08 bits per heavy atom. The van der Waals surface area contributed by atoms with Crippen molar-refractivity contribution in [2.75, 3.05) is 33.4 Å². The molecule has 8 nitrogen and oxygen atoms in total. The third kappa shape index (κ3) is 6.22. The van der Waals surface area contributed by atoms with Crippen LogP contribution in [0.15, 0.2) is 66.6 Å². The standard InChI is InChI=1S/C30H32N4O4S/c1-6-23(24-10-8-7-9-20(24)15-31)25-14-26(30-33-19(2)17-39-30)34-29(28(25)38-18-35-3)32-16-21-11-12-22(36-4)13-27(21)37-5/h6-15,17H,1,16,18,31H2,2-5H3,(H,32,34)/b20-15-,24-23+. The molecule has 2 aromatic carbocycles. The number of nitrogens with zero attached hydrogens (tertiary/aromatic N) is 2. The molecule has 0 bridgehead atoms. The highest BCUT2D eigenvalue weighted by atomic mass is 32.1. The molecule has 0 aliphatic carbocycles. The van der Waals surface area contributed by atoms with Crippen molar-refractivity contribution in [2.24, 2.45) is 5.73 Å². The number of rotatable bonds is 11. The highest BCUT2D eigenvalue weighted by Gasteiger charge is 2.20. The first-order valence-corrected chi connectivity index (χ1v) is 13.1. The smallest absolute Gasteiger partial charge is 0.188 e. The summed E-state index contributed by atoms with van der Waals surface area (Å²) in [5, 5.41) is 8.02. The number of aromatic nitrogens is 2. The number of allylic oxidation sites excluding steroid dienone is 1. The van der Waals surface area contributed by atoms with Gasteiger partial charge in [0.1, 0.15) is 22.2 Å². The zero-order valence-corrected chi connectivity index (χ0v) is 23.3. The number of thiazole rings is 1. The third-order valence-electron chi connectivity index (χ3n) is 6.00. The van der Waals surface area contributed by atoms with Gasteiger partial charge >= 0.3 is 0 Å². The fourth-order valence-corrected chi connectivity index (χ4v) is 4.88. The Morgan fingerprint density at radius 3 is 2.56 bits per heavy atom. The fraction of sp³-hybridized carbons (Fsp3) is 0.200. The van der Waals surface area contributed by atoms with Gasteiger partial charge in [-0.2, -0.15) is 0 Å². The molecule has 0 unspecified atom stereocenters. The maximum Gasteiger partial charge on any atom is 0.188 e. The summed E-state index contributed by atoms with van der Waals surface area (Å²) < 4.78 is 22.4. The summed E-state index contributed by atoms with van der Waals surface area (Å²) in [5.41, 5.74) is 10.1. The molecule has 3 N–H and O–H groups in total. The van der Waals surface area contributed by atoms with E-state index in [1.165, 1.54) is 11.3 Å². The number of methoxy groups -OCH3 is 3. The maximum atomic E-state index is 6.15. The molecule has 4 aromatic rings. The van der Waals surface area contributed by atoms with Gasteiger partial charge in [0.05, 0.1) is 14.2 Å². The highest BCUT2D eigenvalue weighted by molar-refractivity contribution is 7.13. The van der Waals surface area contributed by atoms with E-state index in [0.717, 1.165) is 37.8 Å². The molecule has 9 heteroatoms. The van der Waals surface area contributed by atoms with Crippen molar-refractivity contribution in [3.05, 3.63) is 93.8 Å². The Labute approximate surface area is 232 Å². The molecule has 0 aliphatic rings. The van der Waals surface area contributed by atoms with Crippen LogP contribution in [0.3, 0.4) is 0 Å². The summed E-state index contributed by atoms with van der Waals surface area (Å²) in [5.74, 6) is 2.45. The SMILES string of the molecule is C=C/C(c1cc(-c2nc(C)cs2)nc(NCc2ccc(OC)cc2OC)c1OCOC)=c1/cccc/c1=C/N. The first-order valence-electron chi connectivity index (χ1n) is 12.2. The van der Waals surface area contributed by atoms with Gasteiger partial charge in [-0.15, -0.1) is 11.3 Å². The van der Waals surface area contributed by atoms with Gasteiger partial charge in [-0.1, -0.05) is 36.9 Å². The van der Waals surface area contributed by atoms with Crippen molar-refractivity contribution < 1.29 is 18.9 Å².